The predicted molar refractivity (Wildman–Crippen MR) is 71.4 cm³/mol. The van der Waals surface area contributed by atoms with E-state index in [1.165, 1.54) is 12.5 Å². The highest BCUT2D eigenvalue weighted by Gasteiger charge is 2.18. The van der Waals surface area contributed by atoms with E-state index in [2.05, 4.69) is 23.7 Å². The van der Waals surface area contributed by atoms with Crippen LogP contribution in [0.2, 0.25) is 0 Å². The molecule has 1 fully saturated rings. The fraction of sp³-hybridized carbons (Fsp3) is 0.467. The van der Waals surface area contributed by atoms with Gasteiger partial charge in [0.25, 0.3) is 0 Å². The van der Waals surface area contributed by atoms with Crippen molar-refractivity contribution in [2.45, 2.75) is 19.9 Å². The Bertz CT molecular complexity index is 473. The molecule has 1 aromatic carbocycles. The van der Waals surface area contributed by atoms with Gasteiger partial charge in [-0.3, -0.25) is 4.90 Å². The molecule has 1 aliphatic heterocycles. The fourth-order valence-corrected chi connectivity index (χ4v) is 2.34. The zero-order valence-corrected chi connectivity index (χ0v) is 10.7. The van der Waals surface area contributed by atoms with Gasteiger partial charge in [-0.1, -0.05) is 24.8 Å². The second kappa shape index (κ2) is 5.99. The van der Waals surface area contributed by atoms with Crippen LogP contribution in [0.5, 0.6) is 0 Å². The number of benzene rings is 1. The molecule has 1 heterocycles. The first-order valence-electron chi connectivity index (χ1n) is 6.38. The minimum Gasteiger partial charge on any atom is -0.320 e. The molecule has 1 saturated heterocycles. The number of hydrogen-bond acceptors (Lipinski definition) is 2. The topological polar surface area (TPSA) is 29.3 Å². The largest absolute Gasteiger partial charge is 0.320 e. The Hall–Kier alpha value is -1.37. The van der Waals surface area contributed by atoms with Gasteiger partial charge in [0.15, 0.2) is 0 Å². The lowest BCUT2D eigenvalue weighted by molar-refractivity contribution is 0.320. The van der Waals surface area contributed by atoms with Crippen molar-refractivity contribution in [3.05, 3.63) is 35.1 Å². The van der Waals surface area contributed by atoms with Gasteiger partial charge in [-0.15, -0.1) is 0 Å². The van der Waals surface area contributed by atoms with Gasteiger partial charge in [0.1, 0.15) is 5.82 Å². The first-order chi connectivity index (χ1) is 8.69. The summed E-state index contributed by atoms with van der Waals surface area (Å²) in [6.07, 6.45) is 1.25. The molecule has 2 rings (SSSR count). The van der Waals surface area contributed by atoms with Crippen molar-refractivity contribution in [2.24, 2.45) is 11.7 Å². The molecule has 1 aliphatic rings. The Morgan fingerprint density at radius 3 is 3.00 bits per heavy atom. The summed E-state index contributed by atoms with van der Waals surface area (Å²) in [7, 11) is 0. The zero-order chi connectivity index (χ0) is 13.0. The van der Waals surface area contributed by atoms with E-state index in [0.29, 0.717) is 5.56 Å². The second-order valence-corrected chi connectivity index (χ2v) is 4.95. The molecule has 0 spiro atoms. The van der Waals surface area contributed by atoms with E-state index in [4.69, 9.17) is 5.73 Å². The van der Waals surface area contributed by atoms with Crippen molar-refractivity contribution in [3.8, 4) is 11.8 Å². The van der Waals surface area contributed by atoms with Crippen molar-refractivity contribution < 1.29 is 4.39 Å². The van der Waals surface area contributed by atoms with Gasteiger partial charge in [-0.25, -0.2) is 4.39 Å². The Morgan fingerprint density at radius 1 is 1.50 bits per heavy atom. The maximum absolute atomic E-state index is 13.5. The smallest absolute Gasteiger partial charge is 0.138 e. The van der Waals surface area contributed by atoms with E-state index < -0.39 is 0 Å². The first-order valence-corrected chi connectivity index (χ1v) is 6.38. The maximum Gasteiger partial charge on any atom is 0.138 e. The van der Waals surface area contributed by atoms with Crippen molar-refractivity contribution >= 4 is 0 Å². The molecule has 0 amide bonds. The quantitative estimate of drug-likeness (QED) is 0.808. The third-order valence-electron chi connectivity index (χ3n) is 3.27. The molecule has 0 radical (unpaired) electrons. The third-order valence-corrected chi connectivity index (χ3v) is 3.27. The highest BCUT2D eigenvalue weighted by molar-refractivity contribution is 5.38. The number of likely N-dealkylation sites (tertiary alicyclic amines) is 1. The van der Waals surface area contributed by atoms with Crippen LogP contribution in [0.25, 0.3) is 0 Å². The molecule has 3 heteroatoms. The van der Waals surface area contributed by atoms with Crippen molar-refractivity contribution in [1.82, 2.24) is 4.90 Å². The average molecular weight is 246 g/mol. The van der Waals surface area contributed by atoms with Crippen molar-refractivity contribution in [3.63, 3.8) is 0 Å². The van der Waals surface area contributed by atoms with E-state index in [1.54, 1.807) is 0 Å². The van der Waals surface area contributed by atoms with Crippen LogP contribution >= 0.6 is 0 Å². The van der Waals surface area contributed by atoms with E-state index >= 15 is 0 Å². The zero-order valence-electron chi connectivity index (χ0n) is 10.7. The van der Waals surface area contributed by atoms with E-state index in [-0.39, 0.29) is 12.4 Å². The summed E-state index contributed by atoms with van der Waals surface area (Å²) in [4.78, 5) is 2.40. The van der Waals surface area contributed by atoms with Gasteiger partial charge in [0.05, 0.1) is 12.1 Å². The third kappa shape index (κ3) is 3.32. The molecule has 0 bridgehead atoms. The van der Waals surface area contributed by atoms with Crippen LogP contribution in [0.3, 0.4) is 0 Å². The minimum absolute atomic E-state index is 0.257. The lowest BCUT2D eigenvalue weighted by Crippen LogP contribution is -2.19. The van der Waals surface area contributed by atoms with Crippen LogP contribution in [0.15, 0.2) is 18.2 Å². The normalized spacial score (nSPS) is 19.6. The Kier molecular flexibility index (Phi) is 4.35. The Labute approximate surface area is 108 Å². The Balaban J connectivity index is 2.09. The van der Waals surface area contributed by atoms with Gasteiger partial charge in [-0.2, -0.15) is 0 Å². The molecule has 1 aromatic rings. The summed E-state index contributed by atoms with van der Waals surface area (Å²) < 4.78 is 13.5. The molecular formula is C15H19FN2. The maximum atomic E-state index is 13.5. The lowest BCUT2D eigenvalue weighted by atomic mass is 10.1. The van der Waals surface area contributed by atoms with Crippen LogP contribution in [0.4, 0.5) is 4.39 Å². The van der Waals surface area contributed by atoms with Gasteiger partial charge in [-0.05, 0) is 36.6 Å². The van der Waals surface area contributed by atoms with Crippen LogP contribution < -0.4 is 5.73 Å². The van der Waals surface area contributed by atoms with Crippen LogP contribution in [0, 0.1) is 23.6 Å². The highest BCUT2D eigenvalue weighted by atomic mass is 19.1. The summed E-state index contributed by atoms with van der Waals surface area (Å²) in [5.74, 6) is 5.97. The molecule has 0 aromatic heterocycles. The number of rotatable bonds is 2. The molecule has 0 aliphatic carbocycles. The molecule has 0 saturated carbocycles. The molecule has 1 atom stereocenters. The summed E-state index contributed by atoms with van der Waals surface area (Å²) in [5, 5.41) is 0. The van der Waals surface area contributed by atoms with Crippen LogP contribution in [0.1, 0.15) is 24.5 Å². The van der Waals surface area contributed by atoms with Gasteiger partial charge >= 0.3 is 0 Å². The highest BCUT2D eigenvalue weighted by Crippen LogP contribution is 2.19. The number of nitrogens with two attached hydrogens (primary N) is 1. The minimum atomic E-state index is -0.269. The standard InChI is InChI=1S/C15H19FN2/c1-12-6-8-18(10-12)11-13-4-5-15(16)14(9-13)3-2-7-17/h4-5,9,12H,6-8,10-11,17H2,1H3. The molecular weight excluding hydrogens is 227 g/mol. The van der Waals surface area contributed by atoms with Crippen molar-refractivity contribution in [2.75, 3.05) is 19.6 Å². The summed E-state index contributed by atoms with van der Waals surface area (Å²) in [5.41, 5.74) is 6.87. The first kappa shape index (κ1) is 13.1. The van der Waals surface area contributed by atoms with Gasteiger partial charge < -0.3 is 5.73 Å². The SMILES string of the molecule is CC1CCN(Cc2ccc(F)c(C#CCN)c2)C1. The number of hydrogen-bond donors (Lipinski definition) is 1. The van der Waals surface area contributed by atoms with Crippen molar-refractivity contribution in [1.29, 1.82) is 0 Å². The lowest BCUT2D eigenvalue weighted by Gasteiger charge is -2.15. The average Bonchev–Trinajstić information content (AvgIpc) is 2.75. The monoisotopic (exact) mass is 246 g/mol. The number of nitrogens with zero attached hydrogens (tertiary/aromatic N) is 1. The second-order valence-electron chi connectivity index (χ2n) is 4.95. The molecule has 18 heavy (non-hydrogen) atoms. The van der Waals surface area contributed by atoms with E-state index in [9.17, 15) is 4.39 Å². The predicted octanol–water partition coefficient (Wildman–Crippen LogP) is 1.98. The molecule has 1 unspecified atom stereocenters. The van der Waals surface area contributed by atoms with Crippen LogP contribution in [-0.4, -0.2) is 24.5 Å². The molecule has 96 valence electrons. The molecule has 2 nitrogen and oxygen atoms in total. The summed E-state index contributed by atoms with van der Waals surface area (Å²) >= 11 is 0. The van der Waals surface area contributed by atoms with E-state index in [1.807, 2.05) is 12.1 Å². The Morgan fingerprint density at radius 2 is 2.33 bits per heavy atom. The summed E-state index contributed by atoms with van der Waals surface area (Å²) in [6, 6.07) is 5.17. The van der Waals surface area contributed by atoms with Gasteiger partial charge in [0, 0.05) is 13.1 Å². The number of halogens is 1. The van der Waals surface area contributed by atoms with Crippen LogP contribution in [-0.2, 0) is 6.54 Å². The van der Waals surface area contributed by atoms with Gasteiger partial charge in [0.2, 0.25) is 0 Å². The van der Waals surface area contributed by atoms with E-state index in [0.717, 1.165) is 31.1 Å². The fourth-order valence-electron chi connectivity index (χ4n) is 2.34. The molecule has 2 N–H and O–H groups in total. The summed E-state index contributed by atoms with van der Waals surface area (Å²) in [6.45, 7) is 5.65.